The number of rotatable bonds is 3. The highest BCUT2D eigenvalue weighted by molar-refractivity contribution is 5.97. The number of carboxylic acid groups (broad SMARTS) is 1. The van der Waals surface area contributed by atoms with Crippen molar-refractivity contribution in [2.45, 2.75) is 44.1 Å². The van der Waals surface area contributed by atoms with E-state index in [2.05, 4.69) is 10.3 Å². The summed E-state index contributed by atoms with van der Waals surface area (Å²) in [6.07, 6.45) is 5.44. The van der Waals surface area contributed by atoms with Crippen LogP contribution in [0.3, 0.4) is 0 Å². The molecule has 0 spiro atoms. The van der Waals surface area contributed by atoms with E-state index in [-0.39, 0.29) is 5.56 Å². The summed E-state index contributed by atoms with van der Waals surface area (Å²) in [5, 5.41) is 12.1. The fraction of sp³-hybridized carbons (Fsp3) is 0.500. The summed E-state index contributed by atoms with van der Waals surface area (Å²) in [6, 6.07) is 2.37. The van der Waals surface area contributed by atoms with Crippen LogP contribution < -0.4 is 5.32 Å². The van der Waals surface area contributed by atoms with Gasteiger partial charge in [0.15, 0.2) is 0 Å². The fourth-order valence-electron chi connectivity index (χ4n) is 2.52. The first-order valence-electron chi connectivity index (χ1n) is 6.71. The minimum absolute atomic E-state index is 0.163. The number of carbonyl (C=O) groups excluding carboxylic acids is 1. The smallest absolute Gasteiger partial charge is 0.329 e. The lowest BCUT2D eigenvalue weighted by Crippen LogP contribution is -2.54. The van der Waals surface area contributed by atoms with Gasteiger partial charge in [-0.2, -0.15) is 4.39 Å². The Labute approximate surface area is 116 Å². The molecule has 2 N–H and O–H groups in total. The molecule has 1 aliphatic rings. The molecule has 1 heterocycles. The van der Waals surface area contributed by atoms with E-state index >= 15 is 0 Å². The maximum atomic E-state index is 12.7. The van der Waals surface area contributed by atoms with Crippen molar-refractivity contribution >= 4 is 11.9 Å². The standard InChI is InChI=1S/C14H17FN2O3/c15-11-6-5-10(9-16-11)12(18)17-14(13(19)20)7-3-1-2-4-8-14/h5-6,9H,1-4,7-8H2,(H,17,18)(H,19,20). The highest BCUT2D eigenvalue weighted by atomic mass is 19.1. The molecule has 20 heavy (non-hydrogen) atoms. The van der Waals surface area contributed by atoms with Crippen molar-refractivity contribution in [3.05, 3.63) is 29.8 Å². The van der Waals surface area contributed by atoms with E-state index in [0.717, 1.165) is 37.9 Å². The molecule has 0 bridgehead atoms. The van der Waals surface area contributed by atoms with Crippen LogP contribution in [0.1, 0.15) is 48.9 Å². The van der Waals surface area contributed by atoms with Crippen LogP contribution in [0, 0.1) is 5.95 Å². The van der Waals surface area contributed by atoms with E-state index in [9.17, 15) is 19.1 Å². The van der Waals surface area contributed by atoms with Gasteiger partial charge in [0.2, 0.25) is 5.95 Å². The average molecular weight is 280 g/mol. The zero-order valence-corrected chi connectivity index (χ0v) is 11.1. The van der Waals surface area contributed by atoms with Crippen LogP contribution in [-0.4, -0.2) is 27.5 Å². The summed E-state index contributed by atoms with van der Waals surface area (Å²) < 4.78 is 12.7. The highest BCUT2D eigenvalue weighted by Crippen LogP contribution is 2.27. The van der Waals surface area contributed by atoms with Crippen molar-refractivity contribution in [1.82, 2.24) is 10.3 Å². The van der Waals surface area contributed by atoms with Crippen molar-refractivity contribution in [2.75, 3.05) is 0 Å². The van der Waals surface area contributed by atoms with Gasteiger partial charge in [-0.1, -0.05) is 25.7 Å². The zero-order valence-electron chi connectivity index (χ0n) is 11.1. The zero-order chi connectivity index (χ0) is 14.6. The number of pyridine rings is 1. The number of carboxylic acids is 1. The molecule has 5 nitrogen and oxygen atoms in total. The third kappa shape index (κ3) is 3.12. The molecule has 1 aromatic rings. The van der Waals surface area contributed by atoms with Crippen LogP contribution in [0.4, 0.5) is 4.39 Å². The van der Waals surface area contributed by atoms with Gasteiger partial charge in [0.25, 0.3) is 5.91 Å². The molecule has 2 rings (SSSR count). The Morgan fingerprint density at radius 3 is 2.35 bits per heavy atom. The second kappa shape index (κ2) is 5.98. The predicted molar refractivity (Wildman–Crippen MR) is 69.7 cm³/mol. The molecular formula is C14H17FN2O3. The quantitative estimate of drug-likeness (QED) is 0.656. The number of amides is 1. The number of hydrogen-bond acceptors (Lipinski definition) is 3. The lowest BCUT2D eigenvalue weighted by Gasteiger charge is -2.29. The number of carbonyl (C=O) groups is 2. The maximum Gasteiger partial charge on any atom is 0.329 e. The van der Waals surface area contributed by atoms with Crippen molar-refractivity contribution in [1.29, 1.82) is 0 Å². The van der Waals surface area contributed by atoms with E-state index in [1.54, 1.807) is 0 Å². The summed E-state index contributed by atoms with van der Waals surface area (Å²) in [6.45, 7) is 0. The van der Waals surface area contributed by atoms with E-state index in [4.69, 9.17) is 0 Å². The molecular weight excluding hydrogens is 263 g/mol. The molecule has 0 radical (unpaired) electrons. The minimum atomic E-state index is -1.22. The molecule has 6 heteroatoms. The van der Waals surface area contributed by atoms with E-state index in [1.807, 2.05) is 0 Å². The third-order valence-electron chi connectivity index (χ3n) is 3.71. The molecule has 1 aromatic heterocycles. The van der Waals surface area contributed by atoms with Crippen LogP contribution in [0.15, 0.2) is 18.3 Å². The topological polar surface area (TPSA) is 79.3 Å². The van der Waals surface area contributed by atoms with Crippen molar-refractivity contribution < 1.29 is 19.1 Å². The van der Waals surface area contributed by atoms with E-state index in [1.165, 1.54) is 6.07 Å². The maximum absolute atomic E-state index is 12.7. The number of hydrogen-bond donors (Lipinski definition) is 2. The number of nitrogens with one attached hydrogen (secondary N) is 1. The van der Waals surface area contributed by atoms with Crippen LogP contribution in [0.5, 0.6) is 0 Å². The van der Waals surface area contributed by atoms with E-state index < -0.39 is 23.4 Å². The number of aromatic nitrogens is 1. The van der Waals surface area contributed by atoms with Gasteiger partial charge >= 0.3 is 5.97 Å². The van der Waals surface area contributed by atoms with Gasteiger partial charge in [-0.3, -0.25) is 4.79 Å². The minimum Gasteiger partial charge on any atom is -0.480 e. The Balaban J connectivity index is 2.17. The summed E-state index contributed by atoms with van der Waals surface area (Å²) >= 11 is 0. The number of aliphatic carboxylic acids is 1. The average Bonchev–Trinajstić information content (AvgIpc) is 2.66. The van der Waals surface area contributed by atoms with Gasteiger partial charge in [-0.15, -0.1) is 0 Å². The van der Waals surface area contributed by atoms with Crippen LogP contribution in [-0.2, 0) is 4.79 Å². The Morgan fingerprint density at radius 2 is 1.85 bits per heavy atom. The Morgan fingerprint density at radius 1 is 1.20 bits per heavy atom. The molecule has 1 saturated carbocycles. The van der Waals surface area contributed by atoms with Gasteiger partial charge in [0.1, 0.15) is 5.54 Å². The second-order valence-electron chi connectivity index (χ2n) is 5.13. The van der Waals surface area contributed by atoms with Gasteiger partial charge in [-0.25, -0.2) is 9.78 Å². The first-order chi connectivity index (χ1) is 9.53. The lowest BCUT2D eigenvalue weighted by atomic mass is 9.90. The summed E-state index contributed by atoms with van der Waals surface area (Å²) in [4.78, 5) is 27.1. The molecule has 0 saturated heterocycles. The second-order valence-corrected chi connectivity index (χ2v) is 5.13. The van der Waals surface area contributed by atoms with Crippen molar-refractivity contribution in [3.8, 4) is 0 Å². The first-order valence-corrected chi connectivity index (χ1v) is 6.71. The van der Waals surface area contributed by atoms with Crippen LogP contribution in [0.25, 0.3) is 0 Å². The SMILES string of the molecule is O=C(NC1(C(=O)O)CCCCCC1)c1ccc(F)nc1. The fourth-order valence-corrected chi connectivity index (χ4v) is 2.52. The molecule has 0 atom stereocenters. The predicted octanol–water partition coefficient (Wildman–Crippen LogP) is 2.13. The molecule has 108 valence electrons. The Bertz CT molecular complexity index is 494. The van der Waals surface area contributed by atoms with Gasteiger partial charge in [-0.05, 0) is 25.0 Å². The number of nitrogens with zero attached hydrogens (tertiary/aromatic N) is 1. The third-order valence-corrected chi connectivity index (χ3v) is 3.71. The van der Waals surface area contributed by atoms with Crippen LogP contribution >= 0.6 is 0 Å². The summed E-state index contributed by atoms with van der Waals surface area (Å²) in [5.74, 6) is -2.21. The molecule has 1 fully saturated rings. The molecule has 1 aliphatic carbocycles. The molecule has 0 aliphatic heterocycles. The van der Waals surface area contributed by atoms with Crippen molar-refractivity contribution in [3.63, 3.8) is 0 Å². The van der Waals surface area contributed by atoms with Gasteiger partial charge in [0, 0.05) is 6.20 Å². The van der Waals surface area contributed by atoms with E-state index in [0.29, 0.717) is 12.8 Å². The van der Waals surface area contributed by atoms with Gasteiger partial charge < -0.3 is 10.4 Å². The lowest BCUT2D eigenvalue weighted by molar-refractivity contribution is -0.145. The molecule has 0 aromatic carbocycles. The summed E-state index contributed by atoms with van der Waals surface area (Å²) in [7, 11) is 0. The largest absolute Gasteiger partial charge is 0.480 e. The Kier molecular flexibility index (Phi) is 4.32. The first kappa shape index (κ1) is 14.4. The molecule has 0 unspecified atom stereocenters. The number of halogens is 1. The normalized spacial score (nSPS) is 18.1. The molecule has 1 amide bonds. The van der Waals surface area contributed by atoms with Crippen molar-refractivity contribution in [2.24, 2.45) is 0 Å². The van der Waals surface area contributed by atoms with Crippen LogP contribution in [0.2, 0.25) is 0 Å². The van der Waals surface area contributed by atoms with Gasteiger partial charge in [0.05, 0.1) is 5.56 Å². The Hall–Kier alpha value is -1.98. The monoisotopic (exact) mass is 280 g/mol. The highest BCUT2D eigenvalue weighted by Gasteiger charge is 2.40. The summed E-state index contributed by atoms with van der Waals surface area (Å²) in [5.41, 5.74) is -1.06.